The van der Waals surface area contributed by atoms with Gasteiger partial charge in [0.2, 0.25) is 0 Å². The predicted octanol–water partition coefficient (Wildman–Crippen LogP) is 3.80. The van der Waals surface area contributed by atoms with Crippen molar-refractivity contribution in [2.45, 2.75) is 32.7 Å². The van der Waals surface area contributed by atoms with Crippen molar-refractivity contribution in [3.8, 4) is 0 Å². The van der Waals surface area contributed by atoms with Gasteiger partial charge in [-0.2, -0.15) is 0 Å². The van der Waals surface area contributed by atoms with Crippen molar-refractivity contribution in [3.05, 3.63) is 34.9 Å². The van der Waals surface area contributed by atoms with E-state index in [2.05, 4.69) is 0 Å². The topological polar surface area (TPSA) is 18.5 Å². The predicted molar refractivity (Wildman–Crippen MR) is 62.0 cm³/mol. The van der Waals surface area contributed by atoms with Crippen molar-refractivity contribution >= 4 is 11.6 Å². The van der Waals surface area contributed by atoms with Gasteiger partial charge < -0.3 is 9.47 Å². The number of ether oxygens (including phenoxy) is 2. The van der Waals surface area contributed by atoms with Crippen LogP contribution in [0.2, 0.25) is 5.02 Å². The summed E-state index contributed by atoms with van der Waals surface area (Å²) in [6, 6.07) is 7.63. The monoisotopic (exact) mass is 228 g/mol. The average Bonchev–Trinajstić information content (AvgIpc) is 2.18. The molecule has 0 unspecified atom stereocenters. The zero-order chi connectivity index (χ0) is 11.5. The van der Waals surface area contributed by atoms with Crippen LogP contribution < -0.4 is 0 Å². The molecule has 84 valence electrons. The maximum atomic E-state index is 5.81. The molecule has 1 aromatic carbocycles. The molecule has 0 amide bonds. The van der Waals surface area contributed by atoms with Crippen LogP contribution in [0.15, 0.2) is 24.3 Å². The molecule has 1 aromatic rings. The lowest BCUT2D eigenvalue weighted by atomic mass is 10.1. The fourth-order valence-corrected chi connectivity index (χ4v) is 1.40. The first-order valence-corrected chi connectivity index (χ1v) is 5.31. The second-order valence-electron chi connectivity index (χ2n) is 3.92. The van der Waals surface area contributed by atoms with Crippen LogP contribution in [0, 0.1) is 0 Å². The molecule has 0 aliphatic heterocycles. The molecule has 0 aromatic heterocycles. The Morgan fingerprint density at radius 1 is 1.20 bits per heavy atom. The first-order chi connectivity index (χ1) is 6.94. The van der Waals surface area contributed by atoms with Crippen LogP contribution in [0.25, 0.3) is 0 Å². The Hall–Kier alpha value is -0.570. The molecule has 0 saturated heterocycles. The van der Waals surface area contributed by atoms with E-state index in [9.17, 15) is 0 Å². The molecule has 0 radical (unpaired) electrons. The van der Waals surface area contributed by atoms with Crippen LogP contribution >= 0.6 is 11.6 Å². The van der Waals surface area contributed by atoms with E-state index in [-0.39, 0.29) is 6.10 Å². The first kappa shape index (κ1) is 12.5. The summed E-state index contributed by atoms with van der Waals surface area (Å²) < 4.78 is 11.0. The van der Waals surface area contributed by atoms with Gasteiger partial charge in [0.1, 0.15) is 0 Å². The Morgan fingerprint density at radius 2 is 1.73 bits per heavy atom. The van der Waals surface area contributed by atoms with Crippen molar-refractivity contribution in [2.75, 3.05) is 7.11 Å². The van der Waals surface area contributed by atoms with E-state index < -0.39 is 5.79 Å². The Kier molecular flexibility index (Phi) is 4.14. The molecular formula is C12H17ClO2. The number of benzene rings is 1. The van der Waals surface area contributed by atoms with Gasteiger partial charge in [-0.05, 0) is 38.5 Å². The Bertz CT molecular complexity index is 306. The summed E-state index contributed by atoms with van der Waals surface area (Å²) >= 11 is 5.81. The second kappa shape index (κ2) is 4.97. The molecule has 1 rings (SSSR count). The summed E-state index contributed by atoms with van der Waals surface area (Å²) in [5.41, 5.74) is 1.09. The van der Waals surface area contributed by atoms with E-state index in [1.54, 1.807) is 7.11 Å². The van der Waals surface area contributed by atoms with Crippen LogP contribution in [0.5, 0.6) is 0 Å². The van der Waals surface area contributed by atoms with E-state index in [1.807, 2.05) is 45.0 Å². The van der Waals surface area contributed by atoms with Crippen molar-refractivity contribution < 1.29 is 9.47 Å². The molecule has 0 N–H and O–H groups in total. The van der Waals surface area contributed by atoms with E-state index in [0.29, 0.717) is 0 Å². The number of hydrogen-bond donors (Lipinski definition) is 0. The van der Waals surface area contributed by atoms with Gasteiger partial charge in [-0.25, -0.2) is 0 Å². The van der Waals surface area contributed by atoms with Gasteiger partial charge in [0.05, 0.1) is 6.10 Å². The highest BCUT2D eigenvalue weighted by Gasteiger charge is 2.21. The van der Waals surface area contributed by atoms with Gasteiger partial charge in [0, 0.05) is 12.1 Å². The third-order valence-electron chi connectivity index (χ3n) is 2.29. The summed E-state index contributed by atoms with van der Waals surface area (Å²) in [5, 5.41) is 0.733. The van der Waals surface area contributed by atoms with Crippen LogP contribution in [0.1, 0.15) is 32.4 Å². The smallest absolute Gasteiger partial charge is 0.163 e. The number of halogens is 1. The summed E-state index contributed by atoms with van der Waals surface area (Å²) in [6.45, 7) is 5.77. The third kappa shape index (κ3) is 3.82. The molecule has 0 aliphatic carbocycles. The fraction of sp³-hybridized carbons (Fsp3) is 0.500. The minimum absolute atomic E-state index is 0.0165. The van der Waals surface area contributed by atoms with Gasteiger partial charge in [0.15, 0.2) is 5.79 Å². The van der Waals surface area contributed by atoms with Crippen LogP contribution in [-0.4, -0.2) is 12.9 Å². The van der Waals surface area contributed by atoms with Crippen LogP contribution in [0.4, 0.5) is 0 Å². The first-order valence-electron chi connectivity index (χ1n) is 4.93. The normalized spacial score (nSPS) is 13.9. The Morgan fingerprint density at radius 3 is 2.20 bits per heavy atom. The maximum absolute atomic E-state index is 5.81. The third-order valence-corrected chi connectivity index (χ3v) is 2.54. The lowest BCUT2D eigenvalue weighted by Crippen LogP contribution is -2.28. The summed E-state index contributed by atoms with van der Waals surface area (Å²) in [4.78, 5) is 0. The Labute approximate surface area is 96.2 Å². The summed E-state index contributed by atoms with van der Waals surface area (Å²) in [6.07, 6.45) is -0.0165. The highest BCUT2D eigenvalue weighted by atomic mass is 35.5. The maximum Gasteiger partial charge on any atom is 0.163 e. The van der Waals surface area contributed by atoms with Gasteiger partial charge in [-0.15, -0.1) is 0 Å². The lowest BCUT2D eigenvalue weighted by Gasteiger charge is -2.27. The van der Waals surface area contributed by atoms with Crippen molar-refractivity contribution in [2.24, 2.45) is 0 Å². The molecule has 0 bridgehead atoms. The molecule has 3 heteroatoms. The SMILES string of the molecule is COC(C)(C)O[C@H](C)c1ccc(Cl)cc1. The van der Waals surface area contributed by atoms with Crippen molar-refractivity contribution in [3.63, 3.8) is 0 Å². The number of rotatable bonds is 4. The highest BCUT2D eigenvalue weighted by molar-refractivity contribution is 6.30. The molecule has 0 aliphatic rings. The largest absolute Gasteiger partial charge is 0.354 e. The highest BCUT2D eigenvalue weighted by Crippen LogP contribution is 2.24. The van der Waals surface area contributed by atoms with Crippen molar-refractivity contribution in [1.82, 2.24) is 0 Å². The zero-order valence-corrected chi connectivity index (χ0v) is 10.3. The molecule has 2 nitrogen and oxygen atoms in total. The molecule has 0 spiro atoms. The summed E-state index contributed by atoms with van der Waals surface area (Å²) in [7, 11) is 1.63. The molecule has 15 heavy (non-hydrogen) atoms. The van der Waals surface area contributed by atoms with Crippen LogP contribution in [-0.2, 0) is 9.47 Å². The zero-order valence-electron chi connectivity index (χ0n) is 9.58. The van der Waals surface area contributed by atoms with E-state index in [1.165, 1.54) is 0 Å². The molecule has 0 saturated carbocycles. The minimum atomic E-state index is -0.570. The van der Waals surface area contributed by atoms with E-state index in [0.717, 1.165) is 10.6 Å². The van der Waals surface area contributed by atoms with Crippen LogP contribution in [0.3, 0.4) is 0 Å². The molecule has 1 atom stereocenters. The molecule has 0 heterocycles. The number of hydrogen-bond acceptors (Lipinski definition) is 2. The second-order valence-corrected chi connectivity index (χ2v) is 4.35. The fourth-order valence-electron chi connectivity index (χ4n) is 1.28. The molecular weight excluding hydrogens is 212 g/mol. The van der Waals surface area contributed by atoms with E-state index >= 15 is 0 Å². The number of methoxy groups -OCH3 is 1. The lowest BCUT2D eigenvalue weighted by molar-refractivity contribution is -0.221. The van der Waals surface area contributed by atoms with E-state index in [4.69, 9.17) is 21.1 Å². The summed E-state index contributed by atoms with van der Waals surface area (Å²) in [5.74, 6) is -0.570. The standard InChI is InChI=1S/C12H17ClO2/c1-9(15-12(2,3)14-4)10-5-7-11(13)8-6-10/h5-9H,1-4H3/t9-/m1/s1. The van der Waals surface area contributed by atoms with Gasteiger partial charge in [-0.3, -0.25) is 0 Å². The minimum Gasteiger partial charge on any atom is -0.354 e. The molecule has 0 fully saturated rings. The van der Waals surface area contributed by atoms with Gasteiger partial charge >= 0.3 is 0 Å². The quantitative estimate of drug-likeness (QED) is 0.730. The van der Waals surface area contributed by atoms with Crippen molar-refractivity contribution in [1.29, 1.82) is 0 Å². The van der Waals surface area contributed by atoms with Gasteiger partial charge in [-0.1, -0.05) is 23.7 Å². The van der Waals surface area contributed by atoms with Gasteiger partial charge in [0.25, 0.3) is 0 Å². The Balaban J connectivity index is 2.69. The average molecular weight is 229 g/mol.